The molecule has 2 aromatic heterocycles. The number of hydrazine groups is 1. The number of rotatable bonds is 4. The molecule has 1 saturated carbocycles. The standard InChI is InChI=1S/C20H28FN7O/c1-27-9-13(7-24-27)14-4-15-17(5-16(14)21)25-26-20(15)18-6-19(23-11-22-18)28-3-2-12(8-28)10-29/h6-7,9,11-12,14-17,20,25-26,29H,2-5,8,10H2,1H3/t12-,14?,15?,16?,17?,20?/m0/s1. The number of alkyl halides is 1. The Morgan fingerprint density at radius 3 is 2.93 bits per heavy atom. The van der Waals surface area contributed by atoms with Crippen LogP contribution < -0.4 is 15.8 Å². The van der Waals surface area contributed by atoms with Crippen LogP contribution in [0.3, 0.4) is 0 Å². The van der Waals surface area contributed by atoms with Crippen LogP contribution in [-0.4, -0.2) is 56.8 Å². The van der Waals surface area contributed by atoms with Crippen molar-refractivity contribution in [3.8, 4) is 0 Å². The van der Waals surface area contributed by atoms with E-state index in [1.165, 1.54) is 0 Å². The molecule has 0 bridgehead atoms. The normalized spacial score (nSPS) is 34.5. The van der Waals surface area contributed by atoms with Gasteiger partial charge in [0, 0.05) is 56.9 Å². The van der Waals surface area contributed by atoms with Gasteiger partial charge < -0.3 is 10.0 Å². The zero-order valence-electron chi connectivity index (χ0n) is 16.6. The monoisotopic (exact) mass is 401 g/mol. The van der Waals surface area contributed by atoms with Gasteiger partial charge in [-0.15, -0.1) is 0 Å². The minimum Gasteiger partial charge on any atom is -0.396 e. The van der Waals surface area contributed by atoms with Gasteiger partial charge in [-0.05, 0) is 30.7 Å². The minimum absolute atomic E-state index is 0.0182. The van der Waals surface area contributed by atoms with Crippen LogP contribution in [0.1, 0.15) is 42.5 Å². The Kier molecular flexibility index (Phi) is 4.97. The van der Waals surface area contributed by atoms with Gasteiger partial charge in [0.1, 0.15) is 18.3 Å². The number of aliphatic hydroxyl groups excluding tert-OH is 1. The Bertz CT molecular complexity index is 861. The first-order valence-corrected chi connectivity index (χ1v) is 10.4. The van der Waals surface area contributed by atoms with Crippen molar-refractivity contribution in [2.45, 2.75) is 43.4 Å². The smallest absolute Gasteiger partial charge is 0.132 e. The van der Waals surface area contributed by atoms with E-state index in [1.54, 1.807) is 17.2 Å². The number of nitrogens with zero attached hydrogens (tertiary/aromatic N) is 5. The molecule has 8 nitrogen and oxygen atoms in total. The molecule has 156 valence electrons. The number of hydrogen-bond acceptors (Lipinski definition) is 7. The number of aryl methyl sites for hydroxylation is 1. The predicted octanol–water partition coefficient (Wildman–Crippen LogP) is 1.08. The van der Waals surface area contributed by atoms with Crippen molar-refractivity contribution < 1.29 is 9.50 Å². The SMILES string of the molecule is Cn1cc(C2CC3C(CC2F)NNC3c2cc(N3CC[C@H](CO)C3)ncn2)cn1. The Labute approximate surface area is 169 Å². The molecule has 2 aromatic rings. The third kappa shape index (κ3) is 3.51. The molecule has 3 fully saturated rings. The van der Waals surface area contributed by atoms with Crippen LogP contribution in [0.2, 0.25) is 0 Å². The molecule has 29 heavy (non-hydrogen) atoms. The van der Waals surface area contributed by atoms with Crippen LogP contribution in [0.4, 0.5) is 10.2 Å². The molecular weight excluding hydrogens is 373 g/mol. The number of nitrogens with one attached hydrogen (secondary N) is 2. The van der Waals surface area contributed by atoms with Gasteiger partial charge in [0.15, 0.2) is 0 Å². The van der Waals surface area contributed by atoms with Crippen molar-refractivity contribution in [2.24, 2.45) is 18.9 Å². The Balaban J connectivity index is 1.36. The first kappa shape index (κ1) is 18.9. The summed E-state index contributed by atoms with van der Waals surface area (Å²) in [4.78, 5) is 11.2. The fourth-order valence-electron chi connectivity index (χ4n) is 5.19. The summed E-state index contributed by atoms with van der Waals surface area (Å²) in [7, 11) is 1.87. The van der Waals surface area contributed by atoms with E-state index in [0.717, 1.165) is 43.0 Å². The summed E-state index contributed by atoms with van der Waals surface area (Å²) in [6.45, 7) is 1.94. The third-order valence-electron chi connectivity index (χ3n) is 6.82. The molecule has 3 N–H and O–H groups in total. The highest BCUT2D eigenvalue weighted by atomic mass is 19.1. The zero-order chi connectivity index (χ0) is 20.0. The summed E-state index contributed by atoms with van der Waals surface area (Å²) in [5.74, 6) is 1.32. The Morgan fingerprint density at radius 2 is 2.17 bits per heavy atom. The highest BCUT2D eigenvalue weighted by molar-refractivity contribution is 5.41. The van der Waals surface area contributed by atoms with Gasteiger partial charge in [0.05, 0.1) is 17.9 Å². The maximum Gasteiger partial charge on any atom is 0.132 e. The first-order chi connectivity index (χ1) is 14.1. The topological polar surface area (TPSA) is 91.1 Å². The fraction of sp³-hybridized carbons (Fsp3) is 0.650. The molecule has 0 radical (unpaired) electrons. The molecule has 0 spiro atoms. The van der Waals surface area contributed by atoms with E-state index < -0.39 is 6.17 Å². The second kappa shape index (κ2) is 7.62. The molecule has 6 atom stereocenters. The van der Waals surface area contributed by atoms with Crippen molar-refractivity contribution in [1.29, 1.82) is 0 Å². The van der Waals surface area contributed by atoms with Crippen molar-refractivity contribution in [3.05, 3.63) is 36.0 Å². The molecule has 4 heterocycles. The lowest BCUT2D eigenvalue weighted by Gasteiger charge is -2.35. The van der Waals surface area contributed by atoms with Gasteiger partial charge in [-0.25, -0.2) is 19.8 Å². The minimum atomic E-state index is -0.880. The number of aromatic nitrogens is 4. The van der Waals surface area contributed by atoms with E-state index >= 15 is 0 Å². The van der Waals surface area contributed by atoms with E-state index in [-0.39, 0.29) is 30.5 Å². The van der Waals surface area contributed by atoms with E-state index in [9.17, 15) is 9.50 Å². The lowest BCUT2D eigenvalue weighted by molar-refractivity contribution is 0.153. The molecule has 2 saturated heterocycles. The van der Waals surface area contributed by atoms with Crippen molar-refractivity contribution >= 4 is 5.82 Å². The molecule has 5 unspecified atom stereocenters. The fourth-order valence-corrected chi connectivity index (χ4v) is 5.19. The molecule has 5 rings (SSSR count). The number of hydrogen-bond donors (Lipinski definition) is 3. The van der Waals surface area contributed by atoms with Crippen molar-refractivity contribution in [3.63, 3.8) is 0 Å². The Morgan fingerprint density at radius 1 is 1.28 bits per heavy atom. The van der Waals surface area contributed by atoms with Crippen LogP contribution in [0.15, 0.2) is 24.8 Å². The second-order valence-corrected chi connectivity index (χ2v) is 8.66. The van der Waals surface area contributed by atoms with Crippen LogP contribution in [-0.2, 0) is 7.05 Å². The summed E-state index contributed by atoms with van der Waals surface area (Å²) >= 11 is 0. The highest BCUT2D eigenvalue weighted by Gasteiger charge is 2.46. The zero-order valence-corrected chi connectivity index (χ0v) is 16.6. The van der Waals surface area contributed by atoms with Gasteiger partial charge in [-0.1, -0.05) is 0 Å². The lowest BCUT2D eigenvalue weighted by Crippen LogP contribution is -2.39. The summed E-state index contributed by atoms with van der Waals surface area (Å²) in [6.07, 6.45) is 6.66. The Hall–Kier alpha value is -2.10. The number of halogens is 1. The van der Waals surface area contributed by atoms with Crippen LogP contribution in [0.25, 0.3) is 0 Å². The molecule has 0 aromatic carbocycles. The van der Waals surface area contributed by atoms with Gasteiger partial charge in [0.2, 0.25) is 0 Å². The van der Waals surface area contributed by atoms with Crippen molar-refractivity contribution in [1.82, 2.24) is 30.6 Å². The second-order valence-electron chi connectivity index (χ2n) is 8.66. The van der Waals surface area contributed by atoms with Gasteiger partial charge >= 0.3 is 0 Å². The summed E-state index contributed by atoms with van der Waals surface area (Å²) in [5, 5.41) is 13.6. The maximum atomic E-state index is 14.9. The molecule has 2 aliphatic heterocycles. The van der Waals surface area contributed by atoms with Crippen LogP contribution >= 0.6 is 0 Å². The lowest BCUT2D eigenvalue weighted by atomic mass is 9.72. The van der Waals surface area contributed by atoms with E-state index in [2.05, 4.69) is 30.8 Å². The average Bonchev–Trinajstić information content (AvgIpc) is 3.46. The molecule has 9 heteroatoms. The predicted molar refractivity (Wildman–Crippen MR) is 106 cm³/mol. The van der Waals surface area contributed by atoms with Gasteiger partial charge in [0.25, 0.3) is 0 Å². The average molecular weight is 401 g/mol. The van der Waals surface area contributed by atoms with E-state index in [4.69, 9.17) is 0 Å². The van der Waals surface area contributed by atoms with Gasteiger partial charge in [-0.3, -0.25) is 10.1 Å². The van der Waals surface area contributed by atoms with Gasteiger partial charge in [-0.2, -0.15) is 5.10 Å². The quantitative estimate of drug-likeness (QED) is 0.706. The van der Waals surface area contributed by atoms with Crippen LogP contribution in [0.5, 0.6) is 0 Å². The molecule has 1 aliphatic carbocycles. The summed E-state index contributed by atoms with van der Waals surface area (Å²) in [5.41, 5.74) is 8.57. The maximum absolute atomic E-state index is 14.9. The largest absolute Gasteiger partial charge is 0.396 e. The van der Waals surface area contributed by atoms with Crippen molar-refractivity contribution in [2.75, 3.05) is 24.6 Å². The summed E-state index contributed by atoms with van der Waals surface area (Å²) < 4.78 is 16.6. The number of anilines is 1. The van der Waals surface area contributed by atoms with Crippen LogP contribution in [0, 0.1) is 11.8 Å². The first-order valence-electron chi connectivity index (χ1n) is 10.4. The molecule has 0 amide bonds. The van der Waals surface area contributed by atoms with E-state index in [0.29, 0.717) is 12.3 Å². The third-order valence-corrected chi connectivity index (χ3v) is 6.82. The van der Waals surface area contributed by atoms with E-state index in [1.807, 2.05) is 19.3 Å². The summed E-state index contributed by atoms with van der Waals surface area (Å²) in [6, 6.07) is 2.15. The molecule has 3 aliphatic rings. The number of fused-ring (bicyclic) bond motifs is 1. The molecular formula is C20H28FN7O. The highest BCUT2D eigenvalue weighted by Crippen LogP contribution is 2.45. The number of aliphatic hydroxyl groups is 1.